The van der Waals surface area contributed by atoms with Gasteiger partial charge >= 0.3 is 0 Å². The summed E-state index contributed by atoms with van der Waals surface area (Å²) in [5.41, 5.74) is 9.93. The summed E-state index contributed by atoms with van der Waals surface area (Å²) in [6, 6.07) is 71.2. The minimum Gasteiger partial charge on any atom is -0.456 e. The van der Waals surface area contributed by atoms with Crippen molar-refractivity contribution in [3.63, 3.8) is 0 Å². The standard InChI is InChI=1S/C50H34N2OSSi/c1-3-16-37(17-4-1)55(38-18-5-2-6-19-38,40-21-12-15-36(31-40)41-23-13-26-47-50(41)42-22-7-9-25-46(42)53-47)39-20-11-14-34(30-39)35-28-29-44-43(32-35)51-49-33-54-48-27-10-8-24-45(48)52(44)49/h1-32H,33H2. The van der Waals surface area contributed by atoms with Crippen LogP contribution in [0, 0.1) is 0 Å². The molecular weight excluding hydrogens is 705 g/mol. The summed E-state index contributed by atoms with van der Waals surface area (Å²) in [5, 5.41) is 7.65. The average Bonchev–Trinajstić information content (AvgIpc) is 3.84. The number of fused-ring (bicyclic) bond motifs is 8. The zero-order valence-corrected chi connectivity index (χ0v) is 31.7. The molecule has 55 heavy (non-hydrogen) atoms. The lowest BCUT2D eigenvalue weighted by Gasteiger charge is -2.35. The maximum atomic E-state index is 6.34. The number of furan rings is 1. The number of aromatic nitrogens is 2. The topological polar surface area (TPSA) is 31.0 Å². The van der Waals surface area contributed by atoms with Gasteiger partial charge in [0.25, 0.3) is 0 Å². The zero-order valence-electron chi connectivity index (χ0n) is 29.9. The van der Waals surface area contributed by atoms with Gasteiger partial charge in [-0.2, -0.15) is 0 Å². The van der Waals surface area contributed by atoms with Gasteiger partial charge in [0, 0.05) is 15.7 Å². The number of rotatable bonds is 6. The highest BCUT2D eigenvalue weighted by Gasteiger charge is 2.41. The molecule has 1 aliphatic heterocycles. The molecule has 3 heterocycles. The third-order valence-corrected chi connectivity index (χ3v) is 17.1. The highest BCUT2D eigenvalue weighted by molar-refractivity contribution is 7.98. The van der Waals surface area contributed by atoms with Crippen LogP contribution in [0.4, 0.5) is 0 Å². The Kier molecular flexibility index (Phi) is 7.51. The molecule has 0 spiro atoms. The zero-order chi connectivity index (χ0) is 36.3. The number of hydrogen-bond acceptors (Lipinski definition) is 3. The van der Waals surface area contributed by atoms with E-state index in [0.717, 1.165) is 44.5 Å². The Hall–Kier alpha value is -6.40. The Morgan fingerprint density at radius 3 is 1.93 bits per heavy atom. The summed E-state index contributed by atoms with van der Waals surface area (Å²) < 4.78 is 8.68. The van der Waals surface area contributed by atoms with E-state index in [2.05, 4.69) is 193 Å². The molecule has 260 valence electrons. The van der Waals surface area contributed by atoms with Crippen molar-refractivity contribution < 1.29 is 4.42 Å². The van der Waals surface area contributed by atoms with Gasteiger partial charge in [-0.15, -0.1) is 11.8 Å². The van der Waals surface area contributed by atoms with Gasteiger partial charge in [-0.25, -0.2) is 4.98 Å². The first kappa shape index (κ1) is 32.1. The maximum absolute atomic E-state index is 6.34. The van der Waals surface area contributed by atoms with E-state index in [-0.39, 0.29) is 0 Å². The summed E-state index contributed by atoms with van der Waals surface area (Å²) in [7, 11) is -2.88. The van der Waals surface area contributed by atoms with Gasteiger partial charge < -0.3 is 4.42 Å². The largest absolute Gasteiger partial charge is 0.456 e. The second kappa shape index (κ2) is 12.9. The van der Waals surface area contributed by atoms with E-state index in [4.69, 9.17) is 9.40 Å². The minimum atomic E-state index is -2.88. The molecule has 3 nitrogen and oxygen atoms in total. The molecule has 0 bridgehead atoms. The van der Waals surface area contributed by atoms with E-state index in [1.165, 1.54) is 53.6 Å². The van der Waals surface area contributed by atoms with E-state index < -0.39 is 8.07 Å². The Morgan fingerprint density at radius 2 is 1.13 bits per heavy atom. The normalized spacial score (nSPS) is 12.6. The predicted octanol–water partition coefficient (Wildman–Crippen LogP) is 10.2. The molecule has 0 radical (unpaired) electrons. The first-order chi connectivity index (χ1) is 27.3. The minimum absolute atomic E-state index is 0.864. The molecular formula is C50H34N2OSSi. The number of nitrogens with zero attached hydrogens (tertiary/aromatic N) is 2. The van der Waals surface area contributed by atoms with Gasteiger partial charge in [0.15, 0.2) is 8.07 Å². The fourth-order valence-corrected chi connectivity index (χ4v) is 14.6. The predicted molar refractivity (Wildman–Crippen MR) is 232 cm³/mol. The molecule has 10 aromatic rings. The van der Waals surface area contributed by atoms with Crippen LogP contribution >= 0.6 is 11.8 Å². The highest BCUT2D eigenvalue weighted by atomic mass is 32.2. The van der Waals surface area contributed by atoms with Crippen molar-refractivity contribution in [3.8, 4) is 27.9 Å². The Labute approximate surface area is 324 Å². The van der Waals surface area contributed by atoms with E-state index in [9.17, 15) is 0 Å². The lowest BCUT2D eigenvalue weighted by Crippen LogP contribution is -2.74. The summed E-state index contributed by atoms with van der Waals surface area (Å²) >= 11 is 1.86. The molecule has 0 saturated heterocycles. The first-order valence-corrected chi connectivity index (χ1v) is 21.7. The van der Waals surface area contributed by atoms with Crippen molar-refractivity contribution >= 4 is 73.6 Å². The number of para-hydroxylation sites is 2. The Bertz CT molecular complexity index is 3020. The molecule has 0 saturated carbocycles. The molecule has 0 unspecified atom stereocenters. The van der Waals surface area contributed by atoms with Crippen molar-refractivity contribution in [1.29, 1.82) is 0 Å². The molecule has 0 amide bonds. The van der Waals surface area contributed by atoms with Crippen LogP contribution in [0.15, 0.2) is 203 Å². The van der Waals surface area contributed by atoms with E-state index in [0.29, 0.717) is 0 Å². The van der Waals surface area contributed by atoms with Gasteiger partial charge in [0.2, 0.25) is 0 Å². The van der Waals surface area contributed by atoms with Crippen LogP contribution in [0.25, 0.3) is 60.9 Å². The number of thioether (sulfide) groups is 1. The van der Waals surface area contributed by atoms with Crippen molar-refractivity contribution in [2.24, 2.45) is 0 Å². The summed E-state index contributed by atoms with van der Waals surface area (Å²) in [4.78, 5) is 6.47. The van der Waals surface area contributed by atoms with Crippen LogP contribution in [-0.4, -0.2) is 17.6 Å². The molecule has 2 aromatic heterocycles. The van der Waals surface area contributed by atoms with Crippen LogP contribution in [-0.2, 0) is 5.75 Å². The van der Waals surface area contributed by atoms with Crippen LogP contribution in [0.3, 0.4) is 0 Å². The second-order valence-corrected chi connectivity index (χ2v) is 19.1. The molecule has 8 aromatic carbocycles. The quantitative estimate of drug-likeness (QED) is 0.126. The molecule has 11 rings (SSSR count). The van der Waals surface area contributed by atoms with Crippen molar-refractivity contribution in [3.05, 3.63) is 200 Å². The molecule has 5 heteroatoms. The fraction of sp³-hybridized carbons (Fsp3) is 0.0200. The van der Waals surface area contributed by atoms with Crippen LogP contribution in [0.1, 0.15) is 5.82 Å². The first-order valence-electron chi connectivity index (χ1n) is 18.7. The Morgan fingerprint density at radius 1 is 0.509 bits per heavy atom. The third kappa shape index (κ3) is 5.08. The van der Waals surface area contributed by atoms with Crippen LogP contribution < -0.4 is 20.7 Å². The van der Waals surface area contributed by atoms with E-state index >= 15 is 0 Å². The third-order valence-electron chi connectivity index (χ3n) is 11.2. The van der Waals surface area contributed by atoms with Gasteiger partial charge in [-0.05, 0) is 79.4 Å². The van der Waals surface area contributed by atoms with Gasteiger partial charge in [0.05, 0.1) is 22.5 Å². The van der Waals surface area contributed by atoms with E-state index in [1.807, 2.05) is 17.8 Å². The molecule has 0 atom stereocenters. The maximum Gasteiger partial charge on any atom is 0.179 e. The van der Waals surface area contributed by atoms with Gasteiger partial charge in [-0.3, -0.25) is 4.57 Å². The molecule has 1 aliphatic rings. The van der Waals surface area contributed by atoms with E-state index in [1.54, 1.807) is 0 Å². The molecule has 0 N–H and O–H groups in total. The summed E-state index contributed by atoms with van der Waals surface area (Å²) in [5.74, 6) is 1.96. The SMILES string of the molecule is c1ccc([Si](c2ccccc2)(c2cccc(-c3ccc4c(c3)nc3n4-c4ccccc4SC3)c2)c2cccc(-c3cccc4oc5ccccc5c34)c2)cc1. The molecule has 0 aliphatic carbocycles. The Balaban J connectivity index is 1.12. The van der Waals surface area contributed by atoms with Gasteiger partial charge in [-0.1, -0.05) is 158 Å². The fourth-order valence-electron chi connectivity index (χ4n) is 8.83. The second-order valence-electron chi connectivity index (χ2n) is 14.2. The number of imidazole rings is 1. The van der Waals surface area contributed by atoms with Crippen molar-refractivity contribution in [2.75, 3.05) is 0 Å². The van der Waals surface area contributed by atoms with Crippen LogP contribution in [0.2, 0.25) is 0 Å². The number of benzene rings is 8. The smallest absolute Gasteiger partial charge is 0.179 e. The summed E-state index contributed by atoms with van der Waals surface area (Å²) in [6.45, 7) is 0. The van der Waals surface area contributed by atoms with Crippen LogP contribution in [0.5, 0.6) is 0 Å². The lowest BCUT2D eigenvalue weighted by molar-refractivity contribution is 0.669. The lowest BCUT2D eigenvalue weighted by atomic mass is 9.99. The highest BCUT2D eigenvalue weighted by Crippen LogP contribution is 2.39. The van der Waals surface area contributed by atoms with Gasteiger partial charge in [0.1, 0.15) is 17.0 Å². The number of hydrogen-bond donors (Lipinski definition) is 0. The van der Waals surface area contributed by atoms with Crippen molar-refractivity contribution in [2.45, 2.75) is 10.6 Å². The molecule has 0 fully saturated rings. The average molecular weight is 739 g/mol. The monoisotopic (exact) mass is 738 g/mol. The van der Waals surface area contributed by atoms with Crippen molar-refractivity contribution in [1.82, 2.24) is 9.55 Å². The summed E-state index contributed by atoms with van der Waals surface area (Å²) in [6.07, 6.45) is 0.